The maximum atomic E-state index is 12.5. The number of carboxylic acids is 2. The summed E-state index contributed by atoms with van der Waals surface area (Å²) in [4.78, 5) is 74.3. The summed E-state index contributed by atoms with van der Waals surface area (Å²) >= 11 is 1.03. The molecule has 0 fully saturated rings. The van der Waals surface area contributed by atoms with Gasteiger partial charge < -0.3 is 42.9 Å². The molecule has 37 heavy (non-hydrogen) atoms. The monoisotopic (exact) mass is 539 g/mol. The van der Waals surface area contributed by atoms with Crippen LogP contribution in [0.1, 0.15) is 30.1 Å². The Bertz CT molecular complexity index is 1030. The van der Waals surface area contributed by atoms with Gasteiger partial charge in [0.25, 0.3) is 5.91 Å². The predicted octanol–water partition coefficient (Wildman–Crippen LogP) is -1.93. The zero-order valence-electron chi connectivity index (χ0n) is 19.9. The van der Waals surface area contributed by atoms with Crippen molar-refractivity contribution in [1.82, 2.24) is 21.3 Å². The largest absolute Gasteiger partial charge is 0.481 e. The highest BCUT2D eigenvalue weighted by molar-refractivity contribution is 7.99. The number of aliphatic carboxylic acids is 2. The van der Waals surface area contributed by atoms with Crippen LogP contribution in [0, 0.1) is 0 Å². The number of amides is 4. The van der Waals surface area contributed by atoms with E-state index in [2.05, 4.69) is 26.3 Å². The minimum absolute atomic E-state index is 0.108. The van der Waals surface area contributed by atoms with Crippen molar-refractivity contribution < 1.29 is 39.0 Å². The van der Waals surface area contributed by atoms with Gasteiger partial charge in [0.05, 0.1) is 18.0 Å². The van der Waals surface area contributed by atoms with Crippen LogP contribution in [0.3, 0.4) is 0 Å². The highest BCUT2D eigenvalue weighted by atomic mass is 32.2. The minimum atomic E-state index is -1.55. The number of nitrogens with one attached hydrogen (secondary N) is 4. The first-order valence-electron chi connectivity index (χ1n) is 10.7. The topological polar surface area (TPSA) is 255 Å². The Morgan fingerprint density at radius 2 is 1.62 bits per heavy atom. The summed E-state index contributed by atoms with van der Waals surface area (Å²) in [6.45, 7) is 1.16. The maximum Gasteiger partial charge on any atom is 0.327 e. The van der Waals surface area contributed by atoms with E-state index in [9.17, 15) is 33.9 Å². The molecule has 202 valence electrons. The first-order chi connectivity index (χ1) is 17.4. The fraction of sp³-hybridized carbons (Fsp3) is 0.381. The highest BCUT2D eigenvalue weighted by Crippen LogP contribution is 2.12. The molecule has 15 nitrogen and oxygen atoms in total. The van der Waals surface area contributed by atoms with Gasteiger partial charge in [0.15, 0.2) is 5.96 Å². The molecule has 10 N–H and O–H groups in total. The van der Waals surface area contributed by atoms with E-state index >= 15 is 0 Å². The average Bonchev–Trinajstić information content (AvgIpc) is 2.79. The Kier molecular flexibility index (Phi) is 13.0. The van der Waals surface area contributed by atoms with E-state index in [1.807, 2.05) is 0 Å². The third-order valence-electron chi connectivity index (χ3n) is 4.38. The van der Waals surface area contributed by atoms with Crippen LogP contribution in [0.25, 0.3) is 0 Å². The molecule has 0 heterocycles. The van der Waals surface area contributed by atoms with Crippen molar-refractivity contribution in [3.8, 4) is 0 Å². The molecule has 16 heteroatoms. The second-order valence-corrected chi connectivity index (χ2v) is 8.49. The third kappa shape index (κ3) is 12.8. The number of carboxylic acid groups (broad SMARTS) is 2. The number of guanidine groups is 1. The van der Waals surface area contributed by atoms with Crippen LogP contribution in [0.2, 0.25) is 0 Å². The number of rotatable bonds is 15. The van der Waals surface area contributed by atoms with Crippen LogP contribution in [-0.2, 0) is 24.0 Å². The molecule has 0 saturated heterocycles. The Hall–Kier alpha value is -4.34. The van der Waals surface area contributed by atoms with Crippen LogP contribution < -0.4 is 32.7 Å². The van der Waals surface area contributed by atoms with E-state index in [0.717, 1.165) is 11.8 Å². The Balaban J connectivity index is 2.63. The lowest BCUT2D eigenvalue weighted by Gasteiger charge is -2.20. The standard InChI is InChI=1S/C21H29N7O8S/c1-11(29)25-10-37-9-15(20(35)36)28-19(34)14(8-17(31)32)27-16(30)6-7-24-18(33)12-2-4-13(5-3-12)26-21(22)23/h2-5,14-15H,6-10H2,1H3,(H,24,33)(H,25,29)(H,27,30)(H,28,34)(H,31,32)(H,35,36)(H4,22,23,26). The lowest BCUT2D eigenvalue weighted by Crippen LogP contribution is -2.53. The van der Waals surface area contributed by atoms with Crippen LogP contribution in [0.5, 0.6) is 0 Å². The normalized spacial score (nSPS) is 11.8. The third-order valence-corrected chi connectivity index (χ3v) is 5.30. The highest BCUT2D eigenvalue weighted by Gasteiger charge is 2.28. The Morgan fingerprint density at radius 1 is 0.973 bits per heavy atom. The molecule has 0 aromatic heterocycles. The number of benzene rings is 1. The van der Waals surface area contributed by atoms with Gasteiger partial charge in [-0.1, -0.05) is 0 Å². The number of hydrogen-bond donors (Lipinski definition) is 8. The molecule has 1 aromatic rings. The molecule has 0 bridgehead atoms. The van der Waals surface area contributed by atoms with Gasteiger partial charge in [-0.05, 0) is 24.3 Å². The van der Waals surface area contributed by atoms with Gasteiger partial charge in [-0.2, -0.15) is 0 Å². The Morgan fingerprint density at radius 3 is 2.16 bits per heavy atom. The summed E-state index contributed by atoms with van der Waals surface area (Å²) in [6, 6.07) is 3.02. The second-order valence-electron chi connectivity index (χ2n) is 7.45. The second kappa shape index (κ2) is 15.6. The molecule has 0 spiro atoms. The molecular formula is C21H29N7O8S. The van der Waals surface area contributed by atoms with Crippen LogP contribution in [0.4, 0.5) is 5.69 Å². The summed E-state index contributed by atoms with van der Waals surface area (Å²) < 4.78 is 0. The van der Waals surface area contributed by atoms with E-state index in [1.54, 1.807) is 0 Å². The van der Waals surface area contributed by atoms with E-state index in [1.165, 1.54) is 31.2 Å². The Labute approximate surface area is 215 Å². The number of nitrogens with zero attached hydrogens (tertiary/aromatic N) is 1. The maximum absolute atomic E-state index is 12.5. The zero-order chi connectivity index (χ0) is 28.0. The zero-order valence-corrected chi connectivity index (χ0v) is 20.7. The van der Waals surface area contributed by atoms with E-state index in [0.29, 0.717) is 5.69 Å². The van der Waals surface area contributed by atoms with Gasteiger partial charge in [-0.15, -0.1) is 11.8 Å². The number of carbonyl (C=O) groups excluding carboxylic acids is 4. The van der Waals surface area contributed by atoms with Crippen LogP contribution >= 0.6 is 11.8 Å². The fourth-order valence-corrected chi connectivity index (χ4v) is 3.54. The molecular weight excluding hydrogens is 510 g/mol. The smallest absolute Gasteiger partial charge is 0.327 e. The molecule has 0 radical (unpaired) electrons. The van der Waals surface area contributed by atoms with Crippen molar-refractivity contribution in [2.75, 3.05) is 18.2 Å². The van der Waals surface area contributed by atoms with Gasteiger partial charge in [0, 0.05) is 31.2 Å². The number of hydrogen-bond acceptors (Lipinski definition) is 8. The fourth-order valence-electron chi connectivity index (χ4n) is 2.65. The SMILES string of the molecule is CC(=O)NCSCC(NC(=O)C(CC(=O)O)NC(=O)CCNC(=O)c1ccc(N=C(N)N)cc1)C(=O)O. The lowest BCUT2D eigenvalue weighted by atomic mass is 10.1. The van der Waals surface area contributed by atoms with Crippen molar-refractivity contribution in [1.29, 1.82) is 0 Å². The lowest BCUT2D eigenvalue weighted by molar-refractivity contribution is -0.142. The molecule has 0 saturated carbocycles. The number of aliphatic imine (C=N–C) groups is 1. The van der Waals surface area contributed by atoms with Crippen molar-refractivity contribution in [2.45, 2.75) is 31.8 Å². The van der Waals surface area contributed by atoms with Crippen molar-refractivity contribution >= 4 is 59.0 Å². The number of nitrogens with two attached hydrogens (primary N) is 2. The molecule has 0 aliphatic rings. The molecule has 2 atom stereocenters. The summed E-state index contributed by atoms with van der Waals surface area (Å²) in [5.41, 5.74) is 11.3. The molecule has 2 unspecified atom stereocenters. The van der Waals surface area contributed by atoms with E-state index in [-0.39, 0.29) is 42.0 Å². The average molecular weight is 540 g/mol. The first-order valence-corrected chi connectivity index (χ1v) is 11.9. The van der Waals surface area contributed by atoms with Crippen LogP contribution in [0.15, 0.2) is 29.3 Å². The van der Waals surface area contributed by atoms with Gasteiger partial charge in [-0.3, -0.25) is 24.0 Å². The van der Waals surface area contributed by atoms with Crippen molar-refractivity contribution in [3.05, 3.63) is 29.8 Å². The van der Waals surface area contributed by atoms with Gasteiger partial charge in [0.1, 0.15) is 12.1 Å². The molecule has 4 amide bonds. The minimum Gasteiger partial charge on any atom is -0.481 e. The summed E-state index contributed by atoms with van der Waals surface area (Å²) in [6.07, 6.45) is -1.08. The summed E-state index contributed by atoms with van der Waals surface area (Å²) in [7, 11) is 0. The molecule has 1 aromatic carbocycles. The van der Waals surface area contributed by atoms with Crippen molar-refractivity contribution in [3.63, 3.8) is 0 Å². The predicted molar refractivity (Wildman–Crippen MR) is 134 cm³/mol. The molecule has 1 rings (SSSR count). The van der Waals surface area contributed by atoms with Gasteiger partial charge >= 0.3 is 11.9 Å². The van der Waals surface area contributed by atoms with Crippen molar-refractivity contribution in [2.24, 2.45) is 16.5 Å². The van der Waals surface area contributed by atoms with E-state index in [4.69, 9.17) is 16.6 Å². The number of carbonyl (C=O) groups is 6. The van der Waals surface area contributed by atoms with Crippen LogP contribution in [-0.4, -0.2) is 82.0 Å². The van der Waals surface area contributed by atoms with E-state index < -0.39 is 48.2 Å². The molecule has 0 aliphatic heterocycles. The quantitative estimate of drug-likeness (QED) is 0.0526. The number of thioether (sulfide) groups is 1. The van der Waals surface area contributed by atoms with Gasteiger partial charge in [0.2, 0.25) is 17.7 Å². The molecule has 0 aliphatic carbocycles. The first kappa shape index (κ1) is 30.7. The van der Waals surface area contributed by atoms with Gasteiger partial charge in [-0.25, -0.2) is 9.79 Å². The summed E-state index contributed by atoms with van der Waals surface area (Å²) in [5.74, 6) is -5.48. The summed E-state index contributed by atoms with van der Waals surface area (Å²) in [5, 5.41) is 27.8.